The van der Waals surface area contributed by atoms with Gasteiger partial charge in [0.05, 0.1) is 24.5 Å². The highest BCUT2D eigenvalue weighted by atomic mass is 35.5. The molecule has 0 fully saturated rings. The molecule has 1 atom stereocenters. The Morgan fingerprint density at radius 1 is 1.36 bits per heavy atom. The molecule has 0 aromatic heterocycles. The number of benzene rings is 2. The van der Waals surface area contributed by atoms with E-state index in [1.807, 2.05) is 12.1 Å². The van der Waals surface area contributed by atoms with Gasteiger partial charge < -0.3 is 20.7 Å². The summed E-state index contributed by atoms with van der Waals surface area (Å²) >= 11 is 5.84. The number of amides is 1. The summed E-state index contributed by atoms with van der Waals surface area (Å²) in [7, 11) is 1.55. The number of hydrogen-bond acceptors (Lipinski definition) is 5. The van der Waals surface area contributed by atoms with Crippen LogP contribution < -0.4 is 26.0 Å². The topological polar surface area (TPSA) is 74.4 Å². The van der Waals surface area contributed by atoms with Crippen LogP contribution in [-0.4, -0.2) is 19.7 Å². The highest BCUT2D eigenvalue weighted by Crippen LogP contribution is 2.37. The van der Waals surface area contributed by atoms with Crippen molar-refractivity contribution in [2.45, 2.75) is 13.1 Å². The summed E-state index contributed by atoms with van der Waals surface area (Å²) in [4.78, 5) is 11.4. The van der Waals surface area contributed by atoms with Gasteiger partial charge in [-0.25, -0.2) is 4.39 Å². The molecule has 1 unspecified atom stereocenters. The third-order valence-electron chi connectivity index (χ3n) is 3.81. The number of hydrogen-bond donors (Lipinski definition) is 4. The first-order valence-corrected chi connectivity index (χ1v) is 8.04. The first kappa shape index (κ1) is 17.3. The third kappa shape index (κ3) is 3.78. The highest BCUT2D eigenvalue weighted by Gasteiger charge is 2.22. The van der Waals surface area contributed by atoms with Gasteiger partial charge in [-0.2, -0.15) is 0 Å². The van der Waals surface area contributed by atoms with Gasteiger partial charge in [0.2, 0.25) is 5.91 Å². The van der Waals surface area contributed by atoms with Gasteiger partial charge in [-0.1, -0.05) is 11.6 Å². The van der Waals surface area contributed by atoms with Crippen LogP contribution in [0, 0.1) is 5.82 Å². The molecule has 0 saturated carbocycles. The molecule has 1 amide bonds. The monoisotopic (exact) mass is 364 g/mol. The first-order valence-electron chi connectivity index (χ1n) is 7.66. The second-order valence-corrected chi connectivity index (χ2v) is 5.99. The molecule has 0 radical (unpaired) electrons. The predicted octanol–water partition coefficient (Wildman–Crippen LogP) is 3.53. The van der Waals surface area contributed by atoms with Crippen molar-refractivity contribution in [3.05, 3.63) is 46.7 Å². The number of ether oxygens (including phenoxy) is 1. The quantitative estimate of drug-likeness (QED) is 0.668. The largest absolute Gasteiger partial charge is 0.494 e. The Morgan fingerprint density at radius 2 is 2.16 bits per heavy atom. The molecule has 4 N–H and O–H groups in total. The normalized spacial score (nSPS) is 15.8. The van der Waals surface area contributed by atoms with E-state index in [0.29, 0.717) is 23.8 Å². The van der Waals surface area contributed by atoms with E-state index < -0.39 is 5.82 Å². The zero-order valence-electron chi connectivity index (χ0n) is 13.7. The third-order valence-corrected chi connectivity index (χ3v) is 4.10. The number of halogens is 2. The number of rotatable bonds is 4. The van der Waals surface area contributed by atoms with Crippen LogP contribution in [0.15, 0.2) is 30.3 Å². The Morgan fingerprint density at radius 3 is 2.84 bits per heavy atom. The SMILES string of the molecule is COc1cc2c(cc1NC(C)=O)C(Nc1ccc(F)c(Cl)c1)NCN2. The zero-order chi connectivity index (χ0) is 18.0. The molecule has 132 valence electrons. The van der Waals surface area contributed by atoms with Gasteiger partial charge in [0.1, 0.15) is 17.7 Å². The van der Waals surface area contributed by atoms with Crippen LogP contribution in [-0.2, 0) is 4.79 Å². The molecule has 0 aliphatic carbocycles. The lowest BCUT2D eigenvalue weighted by Gasteiger charge is -2.30. The van der Waals surface area contributed by atoms with E-state index in [-0.39, 0.29) is 17.1 Å². The first-order chi connectivity index (χ1) is 12.0. The molecule has 0 spiro atoms. The van der Waals surface area contributed by atoms with E-state index in [9.17, 15) is 9.18 Å². The van der Waals surface area contributed by atoms with Crippen LogP contribution in [0.1, 0.15) is 18.7 Å². The summed E-state index contributed by atoms with van der Waals surface area (Å²) in [6.07, 6.45) is -0.254. The van der Waals surface area contributed by atoms with Gasteiger partial charge in [-0.15, -0.1) is 0 Å². The average Bonchev–Trinajstić information content (AvgIpc) is 2.57. The van der Waals surface area contributed by atoms with Gasteiger partial charge in [-0.3, -0.25) is 10.1 Å². The van der Waals surface area contributed by atoms with Gasteiger partial charge >= 0.3 is 0 Å². The van der Waals surface area contributed by atoms with Crippen molar-refractivity contribution in [2.75, 3.05) is 29.7 Å². The van der Waals surface area contributed by atoms with Crippen LogP contribution in [0.4, 0.5) is 21.5 Å². The number of carbonyl (C=O) groups is 1. The molecule has 0 saturated heterocycles. The number of carbonyl (C=O) groups excluding carboxylic acids is 1. The van der Waals surface area contributed by atoms with E-state index >= 15 is 0 Å². The Kier molecular flexibility index (Phi) is 4.96. The van der Waals surface area contributed by atoms with E-state index in [1.165, 1.54) is 19.1 Å². The van der Waals surface area contributed by atoms with Crippen molar-refractivity contribution < 1.29 is 13.9 Å². The van der Waals surface area contributed by atoms with Crippen LogP contribution in [0.5, 0.6) is 5.75 Å². The molecular formula is C17H18ClFN4O2. The maximum Gasteiger partial charge on any atom is 0.221 e. The van der Waals surface area contributed by atoms with Crippen molar-refractivity contribution in [2.24, 2.45) is 0 Å². The molecule has 0 bridgehead atoms. The number of fused-ring (bicyclic) bond motifs is 1. The Hall–Kier alpha value is -2.51. The summed E-state index contributed by atoms with van der Waals surface area (Å²) in [6, 6.07) is 8.11. The molecule has 8 heteroatoms. The van der Waals surface area contributed by atoms with E-state index in [0.717, 1.165) is 11.3 Å². The van der Waals surface area contributed by atoms with Crippen molar-refractivity contribution in [3.63, 3.8) is 0 Å². The lowest BCUT2D eigenvalue weighted by Crippen LogP contribution is -2.37. The van der Waals surface area contributed by atoms with Gasteiger partial charge in [0, 0.05) is 29.9 Å². The molecule has 1 aliphatic rings. The van der Waals surface area contributed by atoms with Crippen LogP contribution >= 0.6 is 11.6 Å². The van der Waals surface area contributed by atoms with Gasteiger partial charge in [-0.05, 0) is 24.3 Å². The molecule has 1 aliphatic heterocycles. The molecule has 25 heavy (non-hydrogen) atoms. The highest BCUT2D eigenvalue weighted by molar-refractivity contribution is 6.31. The summed E-state index contributed by atoms with van der Waals surface area (Å²) < 4.78 is 18.7. The van der Waals surface area contributed by atoms with Crippen molar-refractivity contribution in [1.29, 1.82) is 0 Å². The number of anilines is 3. The van der Waals surface area contributed by atoms with Crippen LogP contribution in [0.25, 0.3) is 0 Å². The fourth-order valence-corrected chi connectivity index (χ4v) is 2.86. The Bertz CT molecular complexity index is 815. The second-order valence-electron chi connectivity index (χ2n) is 5.58. The minimum Gasteiger partial charge on any atom is -0.494 e. The maximum absolute atomic E-state index is 13.3. The summed E-state index contributed by atoms with van der Waals surface area (Å²) in [5, 5.41) is 12.6. The summed E-state index contributed by atoms with van der Waals surface area (Å²) in [5.74, 6) is -0.0969. The standard InChI is InChI=1S/C17H18ClFN4O2/c1-9(24)22-15-6-11-14(7-16(15)25-2)20-8-21-17(11)23-10-3-4-13(19)12(18)5-10/h3-7,17,20-21,23H,8H2,1-2H3,(H,22,24). The molecule has 2 aromatic rings. The zero-order valence-corrected chi connectivity index (χ0v) is 14.5. The van der Waals surface area contributed by atoms with Crippen molar-refractivity contribution in [3.8, 4) is 5.75 Å². The minimum atomic E-state index is -0.469. The number of methoxy groups -OCH3 is 1. The van der Waals surface area contributed by atoms with E-state index in [1.54, 1.807) is 13.2 Å². The fraction of sp³-hybridized carbons (Fsp3) is 0.235. The molecule has 2 aromatic carbocycles. The Balaban J connectivity index is 1.94. The average molecular weight is 365 g/mol. The van der Waals surface area contributed by atoms with Crippen LogP contribution in [0.3, 0.4) is 0 Å². The van der Waals surface area contributed by atoms with E-state index in [2.05, 4.69) is 21.3 Å². The van der Waals surface area contributed by atoms with E-state index in [4.69, 9.17) is 16.3 Å². The van der Waals surface area contributed by atoms with Gasteiger partial charge in [0.25, 0.3) is 0 Å². The van der Waals surface area contributed by atoms with Crippen molar-refractivity contribution >= 4 is 34.6 Å². The van der Waals surface area contributed by atoms with Crippen LogP contribution in [0.2, 0.25) is 5.02 Å². The fourth-order valence-electron chi connectivity index (χ4n) is 2.68. The molecule has 1 heterocycles. The maximum atomic E-state index is 13.3. The van der Waals surface area contributed by atoms with Gasteiger partial charge in [0.15, 0.2) is 0 Å². The molecule has 6 nitrogen and oxygen atoms in total. The second kappa shape index (κ2) is 7.16. The lowest BCUT2D eigenvalue weighted by molar-refractivity contribution is -0.114. The molecular weight excluding hydrogens is 347 g/mol. The Labute approximate surface area is 149 Å². The summed E-state index contributed by atoms with van der Waals surface area (Å²) in [6.45, 7) is 1.97. The molecule has 3 rings (SSSR count). The minimum absolute atomic E-state index is 0.0489. The smallest absolute Gasteiger partial charge is 0.221 e. The van der Waals surface area contributed by atoms with Crippen molar-refractivity contribution in [1.82, 2.24) is 5.32 Å². The summed E-state index contributed by atoms with van der Waals surface area (Å²) in [5.41, 5.74) is 3.00. The lowest BCUT2D eigenvalue weighted by atomic mass is 10.1. The predicted molar refractivity (Wildman–Crippen MR) is 96.7 cm³/mol. The number of nitrogens with one attached hydrogen (secondary N) is 4.